The summed E-state index contributed by atoms with van der Waals surface area (Å²) < 4.78 is 26.1. The number of hydrogen-bond acceptors (Lipinski definition) is 2. The molecule has 0 aromatic heterocycles. The molecule has 0 aliphatic carbocycles. The van der Waals surface area contributed by atoms with Gasteiger partial charge in [-0.25, -0.2) is 8.78 Å². The maximum atomic E-state index is 13.4. The predicted molar refractivity (Wildman–Crippen MR) is 66.5 cm³/mol. The molecule has 0 heterocycles. The van der Waals surface area contributed by atoms with Crippen LogP contribution < -0.4 is 5.32 Å². The number of anilines is 1. The van der Waals surface area contributed by atoms with E-state index in [2.05, 4.69) is 5.32 Å². The van der Waals surface area contributed by atoms with Crippen LogP contribution in [-0.2, 0) is 6.54 Å². The zero-order valence-electron chi connectivity index (χ0n) is 9.87. The van der Waals surface area contributed by atoms with Crippen molar-refractivity contribution in [3.8, 4) is 5.75 Å². The lowest BCUT2D eigenvalue weighted by Crippen LogP contribution is -2.02. The standard InChI is InChI=1S/C14H13F2NO/c1-9-2-5-12(7-14(9)18)17-8-10-3-4-11(15)6-13(10)16/h2-7,17-18H,8H2,1H3. The molecule has 0 aliphatic rings. The van der Waals surface area contributed by atoms with Gasteiger partial charge in [0.15, 0.2) is 0 Å². The van der Waals surface area contributed by atoms with Gasteiger partial charge in [0.25, 0.3) is 0 Å². The molecule has 2 rings (SSSR count). The number of phenols is 1. The van der Waals surface area contributed by atoms with Crippen molar-refractivity contribution in [3.63, 3.8) is 0 Å². The van der Waals surface area contributed by atoms with Crippen molar-refractivity contribution >= 4 is 5.69 Å². The lowest BCUT2D eigenvalue weighted by molar-refractivity contribution is 0.471. The number of aromatic hydroxyl groups is 1. The minimum Gasteiger partial charge on any atom is -0.508 e. The highest BCUT2D eigenvalue weighted by atomic mass is 19.1. The molecule has 0 bridgehead atoms. The highest BCUT2D eigenvalue weighted by Gasteiger charge is 2.04. The molecule has 2 nitrogen and oxygen atoms in total. The third-order valence-corrected chi connectivity index (χ3v) is 2.71. The fourth-order valence-corrected chi connectivity index (χ4v) is 1.58. The Morgan fingerprint density at radius 1 is 1.11 bits per heavy atom. The van der Waals surface area contributed by atoms with Gasteiger partial charge in [-0.1, -0.05) is 12.1 Å². The first kappa shape index (κ1) is 12.4. The predicted octanol–water partition coefficient (Wildman–Crippen LogP) is 3.59. The molecule has 0 amide bonds. The summed E-state index contributed by atoms with van der Waals surface area (Å²) in [6.07, 6.45) is 0. The maximum absolute atomic E-state index is 13.4. The molecule has 0 fully saturated rings. The Morgan fingerprint density at radius 3 is 2.56 bits per heavy atom. The summed E-state index contributed by atoms with van der Waals surface area (Å²) in [4.78, 5) is 0. The molecule has 0 spiro atoms. The molecule has 0 saturated carbocycles. The van der Waals surface area contributed by atoms with Gasteiger partial charge in [0.05, 0.1) is 0 Å². The Morgan fingerprint density at radius 2 is 1.89 bits per heavy atom. The summed E-state index contributed by atoms with van der Waals surface area (Å²) in [7, 11) is 0. The summed E-state index contributed by atoms with van der Waals surface area (Å²) in [5.74, 6) is -0.998. The van der Waals surface area contributed by atoms with E-state index in [0.29, 0.717) is 11.3 Å². The van der Waals surface area contributed by atoms with Crippen molar-refractivity contribution in [2.75, 3.05) is 5.32 Å². The summed E-state index contributed by atoms with van der Waals surface area (Å²) in [6, 6.07) is 8.58. The monoisotopic (exact) mass is 249 g/mol. The van der Waals surface area contributed by atoms with Gasteiger partial charge in [-0.3, -0.25) is 0 Å². The topological polar surface area (TPSA) is 32.3 Å². The Labute approximate surface area is 104 Å². The smallest absolute Gasteiger partial charge is 0.131 e. The number of nitrogens with one attached hydrogen (secondary N) is 1. The fourth-order valence-electron chi connectivity index (χ4n) is 1.58. The number of rotatable bonds is 3. The molecule has 18 heavy (non-hydrogen) atoms. The zero-order chi connectivity index (χ0) is 13.1. The van der Waals surface area contributed by atoms with Crippen molar-refractivity contribution in [1.82, 2.24) is 0 Å². The van der Waals surface area contributed by atoms with E-state index in [4.69, 9.17) is 0 Å². The van der Waals surface area contributed by atoms with E-state index in [9.17, 15) is 13.9 Å². The number of benzene rings is 2. The van der Waals surface area contributed by atoms with Gasteiger partial charge in [0.2, 0.25) is 0 Å². The second-order valence-corrected chi connectivity index (χ2v) is 4.09. The van der Waals surface area contributed by atoms with E-state index < -0.39 is 11.6 Å². The van der Waals surface area contributed by atoms with Gasteiger partial charge >= 0.3 is 0 Å². The van der Waals surface area contributed by atoms with E-state index in [1.54, 1.807) is 25.1 Å². The Hall–Kier alpha value is -2.10. The Balaban J connectivity index is 2.09. The normalized spacial score (nSPS) is 10.4. The van der Waals surface area contributed by atoms with Gasteiger partial charge in [-0.2, -0.15) is 0 Å². The summed E-state index contributed by atoms with van der Waals surface area (Å²) >= 11 is 0. The average Bonchev–Trinajstić information content (AvgIpc) is 2.32. The molecule has 0 saturated heterocycles. The van der Waals surface area contributed by atoms with Gasteiger partial charge in [0.1, 0.15) is 17.4 Å². The van der Waals surface area contributed by atoms with Crippen LogP contribution in [0.25, 0.3) is 0 Å². The van der Waals surface area contributed by atoms with Crippen molar-refractivity contribution < 1.29 is 13.9 Å². The number of phenolic OH excluding ortho intramolecular Hbond substituents is 1. The van der Waals surface area contributed by atoms with E-state index in [1.807, 2.05) is 0 Å². The average molecular weight is 249 g/mol. The fraction of sp³-hybridized carbons (Fsp3) is 0.143. The Kier molecular flexibility index (Phi) is 3.46. The van der Waals surface area contributed by atoms with Crippen LogP contribution >= 0.6 is 0 Å². The van der Waals surface area contributed by atoms with Crippen molar-refractivity contribution in [2.45, 2.75) is 13.5 Å². The summed E-state index contributed by atoms with van der Waals surface area (Å²) in [5.41, 5.74) is 1.83. The SMILES string of the molecule is Cc1ccc(NCc2ccc(F)cc2F)cc1O. The molecule has 0 atom stereocenters. The first-order chi connectivity index (χ1) is 8.56. The van der Waals surface area contributed by atoms with E-state index >= 15 is 0 Å². The quantitative estimate of drug-likeness (QED) is 0.871. The van der Waals surface area contributed by atoms with Crippen LogP contribution in [0.1, 0.15) is 11.1 Å². The van der Waals surface area contributed by atoms with Crippen molar-refractivity contribution in [1.29, 1.82) is 0 Å². The molecule has 0 aliphatic heterocycles. The summed E-state index contributed by atoms with van der Waals surface area (Å²) in [5, 5.41) is 12.5. The van der Waals surface area contributed by atoms with E-state index in [1.165, 1.54) is 12.1 Å². The molecule has 2 aromatic rings. The van der Waals surface area contributed by atoms with Crippen LogP contribution in [0.2, 0.25) is 0 Å². The minimum absolute atomic E-state index is 0.180. The van der Waals surface area contributed by atoms with Crippen molar-refractivity contribution in [2.24, 2.45) is 0 Å². The van der Waals surface area contributed by atoms with Gasteiger partial charge in [-0.05, 0) is 24.6 Å². The molecule has 2 N–H and O–H groups in total. The lowest BCUT2D eigenvalue weighted by atomic mass is 10.2. The molecule has 0 unspecified atom stereocenters. The van der Waals surface area contributed by atoms with E-state index in [-0.39, 0.29) is 12.3 Å². The molecule has 4 heteroatoms. The van der Waals surface area contributed by atoms with Crippen LogP contribution in [0.4, 0.5) is 14.5 Å². The van der Waals surface area contributed by atoms with Crippen LogP contribution in [0.5, 0.6) is 5.75 Å². The van der Waals surface area contributed by atoms with Gasteiger partial charge < -0.3 is 10.4 Å². The van der Waals surface area contributed by atoms with Crippen LogP contribution in [0, 0.1) is 18.6 Å². The summed E-state index contributed by atoms with van der Waals surface area (Å²) in [6.45, 7) is 2.02. The molecule has 0 radical (unpaired) electrons. The molecule has 94 valence electrons. The highest BCUT2D eigenvalue weighted by Crippen LogP contribution is 2.21. The number of halogens is 2. The third-order valence-electron chi connectivity index (χ3n) is 2.71. The minimum atomic E-state index is -0.593. The van der Waals surface area contributed by atoms with Crippen LogP contribution in [-0.4, -0.2) is 5.11 Å². The Bertz CT molecular complexity index is 570. The highest BCUT2D eigenvalue weighted by molar-refractivity contribution is 5.51. The third kappa shape index (κ3) is 2.77. The maximum Gasteiger partial charge on any atom is 0.131 e. The van der Waals surface area contributed by atoms with Gasteiger partial charge in [-0.15, -0.1) is 0 Å². The number of aryl methyl sites for hydroxylation is 1. The van der Waals surface area contributed by atoms with Crippen molar-refractivity contribution in [3.05, 3.63) is 59.2 Å². The number of hydrogen-bond donors (Lipinski definition) is 2. The van der Waals surface area contributed by atoms with Gasteiger partial charge in [0, 0.05) is 29.9 Å². The first-order valence-electron chi connectivity index (χ1n) is 5.53. The molecular formula is C14H13F2NO. The zero-order valence-corrected chi connectivity index (χ0v) is 9.87. The van der Waals surface area contributed by atoms with Crippen LogP contribution in [0.3, 0.4) is 0 Å². The second kappa shape index (κ2) is 5.04. The second-order valence-electron chi connectivity index (χ2n) is 4.09. The first-order valence-corrected chi connectivity index (χ1v) is 5.53. The molecular weight excluding hydrogens is 236 g/mol. The van der Waals surface area contributed by atoms with Crippen LogP contribution in [0.15, 0.2) is 36.4 Å². The largest absolute Gasteiger partial charge is 0.508 e. The van der Waals surface area contributed by atoms with E-state index in [0.717, 1.165) is 11.6 Å². The lowest BCUT2D eigenvalue weighted by Gasteiger charge is -2.09. The molecule has 2 aromatic carbocycles.